The van der Waals surface area contributed by atoms with Crippen LogP contribution in [-0.4, -0.2) is 14.6 Å². The van der Waals surface area contributed by atoms with Crippen molar-refractivity contribution >= 4 is 14.6 Å². The van der Waals surface area contributed by atoms with E-state index in [9.17, 15) is 0 Å². The highest BCUT2D eigenvalue weighted by molar-refractivity contribution is 5.75. The Morgan fingerprint density at radius 2 is 1.62 bits per heavy atom. The normalized spacial score (nSPS) is 17.5. The molecule has 5 heteroatoms. The highest BCUT2D eigenvalue weighted by atomic mass is 15.6. The predicted octanol–water partition coefficient (Wildman–Crippen LogP) is 2.05. The fourth-order valence-corrected chi connectivity index (χ4v) is 1.25. The molecule has 0 aromatic heterocycles. The first-order chi connectivity index (χ1) is 7.47. The third-order valence-electron chi connectivity index (χ3n) is 1.91. The predicted molar refractivity (Wildman–Crippen MR) is 65.8 cm³/mol. The summed E-state index contributed by atoms with van der Waals surface area (Å²) in [6.45, 7) is 0. The zero-order valence-corrected chi connectivity index (χ0v) is 8.62. The van der Waals surface area contributed by atoms with Crippen LogP contribution in [0.5, 0.6) is 0 Å². The number of rotatable bonds is 0. The van der Waals surface area contributed by atoms with Crippen molar-refractivity contribution in [3.63, 3.8) is 0 Å². The van der Waals surface area contributed by atoms with Crippen LogP contribution >= 0.6 is 0 Å². The molecule has 0 bridgehead atoms. The van der Waals surface area contributed by atoms with Crippen LogP contribution < -0.4 is 5.53 Å². The zero-order chi connectivity index (χ0) is 10.3. The minimum atomic E-state index is 0. The van der Waals surface area contributed by atoms with Crippen LogP contribution in [0.1, 0.15) is 0 Å². The third-order valence-corrected chi connectivity index (χ3v) is 1.91. The number of hydrogen-bond donors (Lipinski definition) is 1. The summed E-state index contributed by atoms with van der Waals surface area (Å²) in [4.78, 5) is 0. The summed E-state index contributed by atoms with van der Waals surface area (Å²) in [6, 6.07) is 0. The minimum absolute atomic E-state index is 0. The van der Waals surface area contributed by atoms with Crippen LogP contribution in [0.25, 0.3) is 0 Å². The lowest BCUT2D eigenvalue weighted by molar-refractivity contribution is 0.756. The Balaban J connectivity index is 0.000000152. The number of hydrazone groups is 1. The fourth-order valence-electron chi connectivity index (χ4n) is 1.25. The minimum Gasteiger partial charge on any atom is -0.179 e. The highest BCUT2D eigenvalue weighted by Crippen LogP contribution is 2.23. The van der Waals surface area contributed by atoms with Gasteiger partial charge in [-0.05, 0) is 17.2 Å². The summed E-state index contributed by atoms with van der Waals surface area (Å²) in [5, 5.41) is 10.4. The Kier molecular flexibility index (Phi) is 4.72. The van der Waals surface area contributed by atoms with Crippen molar-refractivity contribution in [2.75, 3.05) is 0 Å². The summed E-state index contributed by atoms with van der Waals surface area (Å²) >= 11 is 0. The lowest BCUT2D eigenvalue weighted by Gasteiger charge is -1.85. The summed E-state index contributed by atoms with van der Waals surface area (Å²) in [5.41, 5.74) is 5.02. The Morgan fingerprint density at radius 1 is 0.938 bits per heavy atom. The number of allylic oxidation sites excluding steroid dienone is 9. The summed E-state index contributed by atoms with van der Waals surface area (Å²) in [5.74, 6) is 0. The molecule has 1 heterocycles. The van der Waals surface area contributed by atoms with Gasteiger partial charge < -0.3 is 0 Å². The lowest BCUT2D eigenvalue weighted by Crippen LogP contribution is -1.88. The fraction of sp³-hybridized carbons (Fsp3) is 0. The van der Waals surface area contributed by atoms with Crippen LogP contribution in [-0.2, 0) is 0 Å². The molecule has 3 radical (unpaired) electrons. The number of hydrogen-bond acceptors (Lipinski definition) is 4. The van der Waals surface area contributed by atoms with Crippen molar-refractivity contribution in [1.82, 2.24) is 5.53 Å². The van der Waals surface area contributed by atoms with Gasteiger partial charge >= 0.3 is 0 Å². The molecule has 0 saturated heterocycles. The van der Waals surface area contributed by atoms with Gasteiger partial charge in [-0.3, -0.25) is 0 Å². The van der Waals surface area contributed by atoms with Gasteiger partial charge in [-0.25, -0.2) is 0 Å². The van der Waals surface area contributed by atoms with Gasteiger partial charge in [0, 0.05) is 8.41 Å². The van der Waals surface area contributed by atoms with E-state index >= 15 is 0 Å². The molecule has 0 aromatic rings. The molecule has 0 aromatic carbocycles. The Hall–Kier alpha value is -2.17. The van der Waals surface area contributed by atoms with Gasteiger partial charge in [-0.1, -0.05) is 41.7 Å². The highest BCUT2D eigenvalue weighted by Gasteiger charge is 2.04. The summed E-state index contributed by atoms with van der Waals surface area (Å²) in [7, 11) is 0. The monoisotopic (exact) mass is 209 g/mol. The van der Waals surface area contributed by atoms with Gasteiger partial charge in [-0.15, -0.1) is 5.11 Å². The molecule has 0 saturated carbocycles. The van der Waals surface area contributed by atoms with Crippen molar-refractivity contribution in [2.24, 2.45) is 15.4 Å². The molecule has 1 aliphatic heterocycles. The largest absolute Gasteiger partial charge is 0.179 e. The maximum atomic E-state index is 3.55. The van der Waals surface area contributed by atoms with Crippen molar-refractivity contribution in [3.8, 4) is 0 Å². The molecule has 3 aliphatic rings. The average molecular weight is 209 g/mol. The molecule has 3 rings (SSSR count). The standard InChI is InChI=1S/C8H6.C3H4N4.B/c1-3-7-5-2-6-8(7)4-1;1-2-4-6-7-5-3-1;/h1-6H;1-3H,(H,4,7);. The molecular weight excluding hydrogens is 199 g/mol. The van der Waals surface area contributed by atoms with E-state index in [1.165, 1.54) is 11.1 Å². The van der Waals surface area contributed by atoms with Crippen molar-refractivity contribution in [2.45, 2.75) is 0 Å². The second-order valence-corrected chi connectivity index (χ2v) is 2.90. The second-order valence-electron chi connectivity index (χ2n) is 2.90. The molecule has 0 unspecified atom stereocenters. The SMILES string of the molecule is C1=CC2=CC=CC2=C1.C1=CN=NNN=C1.[B]. The van der Waals surface area contributed by atoms with Crippen LogP contribution in [0, 0.1) is 0 Å². The molecule has 0 atom stereocenters. The van der Waals surface area contributed by atoms with E-state index in [0.717, 1.165) is 0 Å². The molecule has 0 fully saturated rings. The van der Waals surface area contributed by atoms with Gasteiger partial charge in [0.05, 0.1) is 12.4 Å². The van der Waals surface area contributed by atoms with Gasteiger partial charge in [0.1, 0.15) is 0 Å². The van der Waals surface area contributed by atoms with Crippen molar-refractivity contribution < 1.29 is 0 Å². The van der Waals surface area contributed by atoms with Crippen molar-refractivity contribution in [1.29, 1.82) is 0 Å². The Morgan fingerprint density at radius 3 is 2.31 bits per heavy atom. The molecule has 2 aliphatic carbocycles. The molecule has 16 heavy (non-hydrogen) atoms. The van der Waals surface area contributed by atoms with E-state index in [4.69, 9.17) is 0 Å². The first-order valence-electron chi connectivity index (χ1n) is 4.57. The Labute approximate surface area is 96.1 Å². The smallest absolute Gasteiger partial charge is 0.0529 e. The van der Waals surface area contributed by atoms with E-state index < -0.39 is 0 Å². The average Bonchev–Trinajstić information content (AvgIpc) is 2.73. The molecule has 1 N–H and O–H groups in total. The Bertz CT molecular complexity index is 399. The second kappa shape index (κ2) is 6.34. The van der Waals surface area contributed by atoms with Crippen LogP contribution in [0.15, 0.2) is 75.3 Å². The van der Waals surface area contributed by atoms with Gasteiger partial charge in [0.15, 0.2) is 0 Å². The maximum Gasteiger partial charge on any atom is 0.0529 e. The van der Waals surface area contributed by atoms with E-state index in [0.29, 0.717) is 0 Å². The quantitative estimate of drug-likeness (QED) is 0.609. The van der Waals surface area contributed by atoms with E-state index in [2.05, 4.69) is 57.4 Å². The molecule has 77 valence electrons. The van der Waals surface area contributed by atoms with Crippen molar-refractivity contribution in [3.05, 3.63) is 59.9 Å². The van der Waals surface area contributed by atoms with E-state index in [1.54, 1.807) is 18.5 Å². The lowest BCUT2D eigenvalue weighted by atomic mass is 10.2. The maximum absolute atomic E-state index is 3.55. The first kappa shape index (κ1) is 11.9. The summed E-state index contributed by atoms with van der Waals surface area (Å²) in [6.07, 6.45) is 17.4. The van der Waals surface area contributed by atoms with E-state index in [-0.39, 0.29) is 8.41 Å². The zero-order valence-electron chi connectivity index (χ0n) is 8.62. The third kappa shape index (κ3) is 3.20. The van der Waals surface area contributed by atoms with Crippen LogP contribution in [0.3, 0.4) is 0 Å². The first-order valence-corrected chi connectivity index (χ1v) is 4.57. The van der Waals surface area contributed by atoms with Gasteiger partial charge in [0.2, 0.25) is 0 Å². The molecular formula is C11H10BN4. The van der Waals surface area contributed by atoms with Gasteiger partial charge in [0.25, 0.3) is 0 Å². The van der Waals surface area contributed by atoms with Gasteiger partial charge in [-0.2, -0.15) is 10.6 Å². The molecule has 0 spiro atoms. The number of fused-ring (bicyclic) bond motifs is 1. The number of nitrogens with zero attached hydrogens (tertiary/aromatic N) is 3. The molecule has 0 amide bonds. The number of nitrogens with one attached hydrogen (secondary N) is 1. The van der Waals surface area contributed by atoms with Crippen LogP contribution in [0.2, 0.25) is 0 Å². The van der Waals surface area contributed by atoms with Crippen LogP contribution in [0.4, 0.5) is 0 Å². The molecule has 4 nitrogen and oxygen atoms in total. The van der Waals surface area contributed by atoms with E-state index in [1.807, 2.05) is 0 Å². The summed E-state index contributed by atoms with van der Waals surface area (Å²) < 4.78 is 0. The topological polar surface area (TPSA) is 49.1 Å².